The first-order valence-corrected chi connectivity index (χ1v) is 15.6. The van der Waals surface area contributed by atoms with Gasteiger partial charge >= 0.3 is 0 Å². The highest BCUT2D eigenvalue weighted by Gasteiger charge is 2.18. The maximum atomic E-state index is 12.9. The molecule has 1 aliphatic rings. The van der Waals surface area contributed by atoms with E-state index in [-0.39, 0.29) is 37.1 Å². The molecule has 0 fully saturated rings. The lowest BCUT2D eigenvalue weighted by molar-refractivity contribution is -0.124. The highest BCUT2D eigenvalue weighted by Crippen LogP contribution is 2.28. The topological polar surface area (TPSA) is 67.4 Å². The zero-order valence-corrected chi connectivity index (χ0v) is 27.4. The number of nitrogens with one attached hydrogen (secondary N) is 2. The second kappa shape index (κ2) is 26.1. The Kier molecular flexibility index (Phi) is 24.0. The van der Waals surface area contributed by atoms with Crippen LogP contribution in [0.15, 0.2) is 96.4 Å². The van der Waals surface area contributed by atoms with E-state index < -0.39 is 0 Å². The monoisotopic (exact) mass is 594 g/mol. The molecule has 0 radical (unpaired) electrons. The zero-order valence-electron chi connectivity index (χ0n) is 27.4. The molecule has 1 amide bonds. The molecule has 1 aliphatic carbocycles. The lowest BCUT2D eigenvalue weighted by atomic mass is 9.95. The summed E-state index contributed by atoms with van der Waals surface area (Å²) in [6, 6.07) is 8.58. The van der Waals surface area contributed by atoms with Crippen LogP contribution in [0.4, 0.5) is 4.39 Å². The molecule has 0 aliphatic heterocycles. The number of alkyl halides is 1. The third-order valence-corrected chi connectivity index (χ3v) is 6.37. The van der Waals surface area contributed by atoms with Crippen LogP contribution >= 0.6 is 0 Å². The number of allylic oxidation sites excluding steroid dienone is 9. The Morgan fingerprint density at radius 1 is 1.09 bits per heavy atom. The van der Waals surface area contributed by atoms with Gasteiger partial charge in [0, 0.05) is 43.0 Å². The van der Waals surface area contributed by atoms with E-state index in [1.54, 1.807) is 19.1 Å². The number of hydrogen-bond acceptors (Lipinski definition) is 4. The van der Waals surface area contributed by atoms with Gasteiger partial charge in [0.25, 0.3) is 0 Å². The molecule has 43 heavy (non-hydrogen) atoms. The third-order valence-electron chi connectivity index (χ3n) is 6.37. The van der Waals surface area contributed by atoms with Crippen LogP contribution in [0, 0.1) is 5.92 Å². The van der Waals surface area contributed by atoms with Crippen LogP contribution in [0.5, 0.6) is 0 Å². The van der Waals surface area contributed by atoms with Crippen molar-refractivity contribution in [1.82, 2.24) is 10.6 Å². The van der Waals surface area contributed by atoms with Gasteiger partial charge in [-0.15, -0.1) is 0 Å². The molecule has 1 atom stereocenters. The Labute approximate surface area is 260 Å². The number of carbonyl (C=O) groups is 2. The first kappa shape index (κ1) is 39.5. The van der Waals surface area contributed by atoms with Crippen LogP contribution < -0.4 is 10.6 Å². The van der Waals surface area contributed by atoms with Crippen molar-refractivity contribution in [1.29, 1.82) is 0 Å². The summed E-state index contributed by atoms with van der Waals surface area (Å²) >= 11 is 0. The van der Waals surface area contributed by atoms with Gasteiger partial charge in [0.1, 0.15) is 19.0 Å². The molecular weight excluding hydrogens is 539 g/mol. The Hall–Kier alpha value is -3.51. The number of benzene rings is 1. The molecule has 2 N–H and O–H groups in total. The van der Waals surface area contributed by atoms with Gasteiger partial charge in [0.05, 0.1) is 0 Å². The summed E-state index contributed by atoms with van der Waals surface area (Å²) in [4.78, 5) is 25.2. The Balaban J connectivity index is 0.00000227. The van der Waals surface area contributed by atoms with E-state index in [4.69, 9.17) is 4.74 Å². The van der Waals surface area contributed by atoms with Crippen molar-refractivity contribution >= 4 is 11.7 Å². The van der Waals surface area contributed by atoms with Crippen LogP contribution in [0.25, 0.3) is 0 Å². The minimum absolute atomic E-state index is 0.0234. The molecule has 1 aromatic carbocycles. The molecule has 0 spiro atoms. The number of ether oxygens (including phenoxy) is 1. The van der Waals surface area contributed by atoms with Gasteiger partial charge in [-0.3, -0.25) is 9.59 Å². The largest absolute Gasteiger partial charge is 0.490 e. The summed E-state index contributed by atoms with van der Waals surface area (Å²) in [6.07, 6.45) is 17.6. The van der Waals surface area contributed by atoms with Crippen LogP contribution in [-0.2, 0) is 27.3 Å². The van der Waals surface area contributed by atoms with Crippen molar-refractivity contribution in [2.24, 2.45) is 5.92 Å². The average Bonchev–Trinajstić information content (AvgIpc) is 3.25. The van der Waals surface area contributed by atoms with E-state index in [0.717, 1.165) is 37.3 Å². The molecular formula is C37H55FN2O3. The van der Waals surface area contributed by atoms with Crippen LogP contribution in [-0.4, -0.2) is 38.1 Å². The molecule has 1 aromatic rings. The summed E-state index contributed by atoms with van der Waals surface area (Å²) in [6.45, 7) is 18.0. The molecule has 5 nitrogen and oxygen atoms in total. The fraction of sp³-hybridized carbons (Fsp3) is 0.459. The summed E-state index contributed by atoms with van der Waals surface area (Å²) in [5, 5.41) is 6.35. The molecule has 0 saturated heterocycles. The molecule has 6 heteroatoms. The van der Waals surface area contributed by atoms with E-state index in [2.05, 4.69) is 61.4 Å². The number of rotatable bonds is 17. The Bertz CT molecular complexity index is 1100. The second-order valence-electron chi connectivity index (χ2n) is 9.68. The number of halogens is 1. The average molecular weight is 595 g/mol. The van der Waals surface area contributed by atoms with Crippen LogP contribution in [0.2, 0.25) is 0 Å². The van der Waals surface area contributed by atoms with E-state index in [1.165, 1.54) is 17.2 Å². The van der Waals surface area contributed by atoms with E-state index in [0.29, 0.717) is 25.1 Å². The van der Waals surface area contributed by atoms with Crippen LogP contribution in [0.3, 0.4) is 0 Å². The SMILES string of the molecule is C/C=C/CF.C=CCOC1=CCC=C(C(=O)CCC(=O)NCCCNCc2cccc(CC)c2)C=C1C(C)/C=C\C.CC. The maximum absolute atomic E-state index is 12.9. The zero-order chi connectivity index (χ0) is 32.3. The van der Waals surface area contributed by atoms with Crippen molar-refractivity contribution in [2.75, 3.05) is 26.4 Å². The normalized spacial score (nSPS) is 13.3. The van der Waals surface area contributed by atoms with Crippen molar-refractivity contribution < 1.29 is 18.7 Å². The van der Waals surface area contributed by atoms with Crippen molar-refractivity contribution in [3.8, 4) is 0 Å². The lowest BCUT2D eigenvalue weighted by Crippen LogP contribution is -2.27. The fourth-order valence-electron chi connectivity index (χ4n) is 4.12. The second-order valence-corrected chi connectivity index (χ2v) is 9.68. The molecule has 0 saturated carbocycles. The number of carbonyl (C=O) groups excluding carboxylic acids is 2. The summed E-state index contributed by atoms with van der Waals surface area (Å²) in [5.41, 5.74) is 4.22. The lowest BCUT2D eigenvalue weighted by Gasteiger charge is -2.16. The Morgan fingerprint density at radius 3 is 2.47 bits per heavy atom. The minimum atomic E-state index is -0.337. The number of Topliss-reactive ketones (excluding diaryl/α,β-unsaturated/α-hetero) is 1. The highest BCUT2D eigenvalue weighted by atomic mass is 19.1. The first-order chi connectivity index (χ1) is 20.9. The predicted molar refractivity (Wildman–Crippen MR) is 181 cm³/mol. The summed E-state index contributed by atoms with van der Waals surface area (Å²) < 4.78 is 16.8. The molecule has 0 heterocycles. The molecule has 0 aromatic heterocycles. The highest BCUT2D eigenvalue weighted by molar-refractivity contribution is 6.00. The number of hydrogen-bond donors (Lipinski definition) is 2. The van der Waals surface area contributed by atoms with Crippen molar-refractivity contribution in [2.45, 2.75) is 80.2 Å². The minimum Gasteiger partial charge on any atom is -0.490 e. The van der Waals surface area contributed by atoms with Gasteiger partial charge in [0.15, 0.2) is 5.78 Å². The quantitative estimate of drug-likeness (QED) is 0.141. The van der Waals surface area contributed by atoms with Gasteiger partial charge < -0.3 is 15.4 Å². The van der Waals surface area contributed by atoms with Gasteiger partial charge in [0.2, 0.25) is 5.91 Å². The summed E-state index contributed by atoms with van der Waals surface area (Å²) in [5.74, 6) is 0.773. The van der Waals surface area contributed by atoms with Crippen molar-refractivity contribution in [3.05, 3.63) is 107 Å². The first-order valence-electron chi connectivity index (χ1n) is 15.6. The third kappa shape index (κ3) is 17.9. The number of ketones is 1. The Morgan fingerprint density at radius 2 is 1.84 bits per heavy atom. The van der Waals surface area contributed by atoms with E-state index in [9.17, 15) is 14.0 Å². The van der Waals surface area contributed by atoms with Gasteiger partial charge in [-0.05, 0) is 62.9 Å². The van der Waals surface area contributed by atoms with Gasteiger partial charge in [-0.2, -0.15) is 0 Å². The van der Waals surface area contributed by atoms with Crippen LogP contribution in [0.1, 0.15) is 78.4 Å². The molecule has 238 valence electrons. The standard InChI is InChI=1S/C31H42N2O3.C4H7F.C2H6/c1-5-11-24(4)28-22-27(14-9-15-30(28)36-20-6-2)29(34)16-17-31(35)33-19-10-18-32-23-26-13-8-12-25(7-3)21-26;1-2-3-4-5;1-2/h5-6,8,11-15,21-22,24,32H,2,7,9-10,16-20,23H2,1,3-4H3,(H,33,35);2-3H,4H2,1H3;1-2H3/b11-5-;3-2+;. The molecule has 2 rings (SSSR count). The van der Waals surface area contributed by atoms with Crippen molar-refractivity contribution in [3.63, 3.8) is 0 Å². The summed E-state index contributed by atoms with van der Waals surface area (Å²) in [7, 11) is 0. The molecule has 0 bridgehead atoms. The smallest absolute Gasteiger partial charge is 0.220 e. The maximum Gasteiger partial charge on any atom is 0.220 e. The number of amides is 1. The predicted octanol–water partition coefficient (Wildman–Crippen LogP) is 8.31. The number of aryl methyl sites for hydroxylation is 1. The molecule has 1 unspecified atom stereocenters. The fourth-order valence-corrected chi connectivity index (χ4v) is 4.12. The van der Waals surface area contributed by atoms with E-state index >= 15 is 0 Å². The van der Waals surface area contributed by atoms with Gasteiger partial charge in [-0.25, -0.2) is 4.39 Å². The van der Waals surface area contributed by atoms with E-state index in [1.807, 2.05) is 45.1 Å². The van der Waals surface area contributed by atoms with Gasteiger partial charge in [-0.1, -0.05) is 95.0 Å².